The number of fused-ring (bicyclic) bond motifs is 3. The molecule has 2 aliphatic rings. The molecule has 24 heavy (non-hydrogen) atoms. The molecular weight excluding hydrogens is 308 g/mol. The fraction of sp³-hybridized carbons (Fsp3) is 0.167. The van der Waals surface area contributed by atoms with Crippen molar-refractivity contribution in [3.05, 3.63) is 59.0 Å². The number of rotatable bonds is 2. The summed E-state index contributed by atoms with van der Waals surface area (Å²) in [5, 5.41) is 9.58. The van der Waals surface area contributed by atoms with E-state index in [1.165, 1.54) is 0 Å². The molecule has 6 heteroatoms. The van der Waals surface area contributed by atoms with E-state index in [9.17, 15) is 5.26 Å². The molecule has 2 aromatic rings. The van der Waals surface area contributed by atoms with Crippen molar-refractivity contribution in [3.63, 3.8) is 0 Å². The number of nitrogens with zero attached hydrogens (tertiary/aromatic N) is 1. The standard InChI is InChI=1S/C18H14N2O4/c1-21-11-4-2-3-10(7-11)15-12-5-6-14-17(23-9-22-14)16(12)24-18(20)13(15)8-19/h2-7,15H,9,20H2,1H3. The zero-order valence-corrected chi connectivity index (χ0v) is 12.9. The van der Waals surface area contributed by atoms with E-state index in [1.807, 2.05) is 36.4 Å². The molecular formula is C18H14N2O4. The van der Waals surface area contributed by atoms with Crippen LogP contribution in [0.1, 0.15) is 17.0 Å². The highest BCUT2D eigenvalue weighted by Gasteiger charge is 2.35. The van der Waals surface area contributed by atoms with Crippen molar-refractivity contribution < 1.29 is 18.9 Å². The van der Waals surface area contributed by atoms with E-state index < -0.39 is 0 Å². The number of allylic oxidation sites excluding steroid dienone is 1. The molecule has 1 unspecified atom stereocenters. The van der Waals surface area contributed by atoms with Crippen LogP contribution in [0, 0.1) is 11.3 Å². The molecule has 2 heterocycles. The molecule has 0 fully saturated rings. The topological polar surface area (TPSA) is 86.7 Å². The van der Waals surface area contributed by atoms with E-state index in [1.54, 1.807) is 7.11 Å². The molecule has 2 N–H and O–H groups in total. The van der Waals surface area contributed by atoms with Crippen molar-refractivity contribution >= 4 is 0 Å². The van der Waals surface area contributed by atoms with Gasteiger partial charge in [0, 0.05) is 5.56 Å². The Labute approximate surface area is 138 Å². The average molecular weight is 322 g/mol. The van der Waals surface area contributed by atoms with E-state index in [4.69, 9.17) is 24.7 Å². The van der Waals surface area contributed by atoms with Gasteiger partial charge in [-0.15, -0.1) is 0 Å². The molecule has 120 valence electrons. The predicted octanol–water partition coefficient (Wildman–Crippen LogP) is 2.64. The second-order valence-electron chi connectivity index (χ2n) is 5.42. The van der Waals surface area contributed by atoms with Crippen LogP contribution in [0.5, 0.6) is 23.0 Å². The highest BCUT2D eigenvalue weighted by Crippen LogP contribution is 2.51. The summed E-state index contributed by atoms with van der Waals surface area (Å²) in [6, 6.07) is 13.4. The monoisotopic (exact) mass is 322 g/mol. The third kappa shape index (κ3) is 2.02. The van der Waals surface area contributed by atoms with Gasteiger partial charge in [0.1, 0.15) is 17.4 Å². The summed E-state index contributed by atoms with van der Waals surface area (Å²) in [5.41, 5.74) is 8.05. The number of benzene rings is 2. The van der Waals surface area contributed by atoms with Gasteiger partial charge in [-0.2, -0.15) is 5.26 Å². The van der Waals surface area contributed by atoms with Crippen LogP contribution in [-0.2, 0) is 0 Å². The number of hydrogen-bond acceptors (Lipinski definition) is 6. The van der Waals surface area contributed by atoms with Crippen molar-refractivity contribution in [3.8, 4) is 29.1 Å². The summed E-state index contributed by atoms with van der Waals surface area (Å²) in [5.74, 6) is 2.03. The molecule has 0 aromatic heterocycles. The Bertz CT molecular complexity index is 898. The predicted molar refractivity (Wildman–Crippen MR) is 84.9 cm³/mol. The van der Waals surface area contributed by atoms with Crippen molar-refractivity contribution in [1.29, 1.82) is 5.26 Å². The summed E-state index contributed by atoms with van der Waals surface area (Å²) < 4.78 is 21.9. The fourth-order valence-corrected chi connectivity index (χ4v) is 3.04. The first-order chi connectivity index (χ1) is 11.7. The highest BCUT2D eigenvalue weighted by molar-refractivity contribution is 5.65. The van der Waals surface area contributed by atoms with Crippen LogP contribution in [0.3, 0.4) is 0 Å². The van der Waals surface area contributed by atoms with E-state index in [0.29, 0.717) is 28.6 Å². The Balaban J connectivity index is 1.93. The largest absolute Gasteiger partial charge is 0.497 e. The number of nitrogens with two attached hydrogens (primary N) is 1. The molecule has 2 aromatic carbocycles. The molecule has 0 saturated heterocycles. The van der Waals surface area contributed by atoms with Crippen molar-refractivity contribution in [2.45, 2.75) is 5.92 Å². The minimum atomic E-state index is -0.358. The van der Waals surface area contributed by atoms with Crippen LogP contribution < -0.4 is 24.7 Å². The van der Waals surface area contributed by atoms with Crippen LogP contribution in [0.15, 0.2) is 47.9 Å². The molecule has 6 nitrogen and oxygen atoms in total. The lowest BCUT2D eigenvalue weighted by Crippen LogP contribution is -2.21. The first-order valence-corrected chi connectivity index (χ1v) is 7.37. The number of nitriles is 1. The van der Waals surface area contributed by atoms with Gasteiger partial charge in [-0.25, -0.2) is 0 Å². The normalized spacial score (nSPS) is 17.8. The van der Waals surface area contributed by atoms with Crippen LogP contribution in [0.4, 0.5) is 0 Å². The Kier molecular flexibility index (Phi) is 3.21. The van der Waals surface area contributed by atoms with Gasteiger partial charge in [-0.3, -0.25) is 0 Å². The Morgan fingerprint density at radius 3 is 2.88 bits per heavy atom. The van der Waals surface area contributed by atoms with Gasteiger partial charge in [0.25, 0.3) is 0 Å². The number of ether oxygens (including phenoxy) is 4. The Hall–Kier alpha value is -3.33. The lowest BCUT2D eigenvalue weighted by Gasteiger charge is -2.27. The van der Waals surface area contributed by atoms with Gasteiger partial charge in [0.15, 0.2) is 11.5 Å². The van der Waals surface area contributed by atoms with Gasteiger partial charge < -0.3 is 24.7 Å². The van der Waals surface area contributed by atoms with Crippen molar-refractivity contribution in [2.75, 3.05) is 13.9 Å². The molecule has 0 spiro atoms. The summed E-state index contributed by atoms with van der Waals surface area (Å²) in [6.45, 7) is 0.133. The maximum atomic E-state index is 9.58. The minimum absolute atomic E-state index is 0.0710. The van der Waals surface area contributed by atoms with Gasteiger partial charge in [0.2, 0.25) is 18.4 Å². The summed E-state index contributed by atoms with van der Waals surface area (Å²) in [4.78, 5) is 0. The Morgan fingerprint density at radius 2 is 2.08 bits per heavy atom. The average Bonchev–Trinajstić information content (AvgIpc) is 3.09. The maximum absolute atomic E-state index is 9.58. The summed E-state index contributed by atoms with van der Waals surface area (Å²) >= 11 is 0. The van der Waals surface area contributed by atoms with E-state index >= 15 is 0 Å². The minimum Gasteiger partial charge on any atom is -0.497 e. The zero-order chi connectivity index (χ0) is 16.7. The third-order valence-corrected chi connectivity index (χ3v) is 4.15. The van der Waals surface area contributed by atoms with Gasteiger partial charge in [-0.1, -0.05) is 18.2 Å². The Morgan fingerprint density at radius 1 is 1.21 bits per heavy atom. The van der Waals surface area contributed by atoms with Crippen molar-refractivity contribution in [1.82, 2.24) is 0 Å². The fourth-order valence-electron chi connectivity index (χ4n) is 3.04. The quantitative estimate of drug-likeness (QED) is 0.914. The molecule has 0 radical (unpaired) electrons. The molecule has 2 aliphatic heterocycles. The molecule has 0 saturated carbocycles. The van der Waals surface area contributed by atoms with Crippen LogP contribution >= 0.6 is 0 Å². The van der Waals surface area contributed by atoms with Crippen LogP contribution in [0.25, 0.3) is 0 Å². The van der Waals surface area contributed by atoms with Gasteiger partial charge in [0.05, 0.1) is 13.0 Å². The third-order valence-electron chi connectivity index (χ3n) is 4.15. The number of hydrogen-bond donors (Lipinski definition) is 1. The van der Waals surface area contributed by atoms with Crippen LogP contribution in [0.2, 0.25) is 0 Å². The first kappa shape index (κ1) is 14.3. The summed E-state index contributed by atoms with van der Waals surface area (Å²) in [7, 11) is 1.60. The second-order valence-corrected chi connectivity index (χ2v) is 5.42. The lowest BCUT2D eigenvalue weighted by molar-refractivity contribution is 0.171. The molecule has 0 amide bonds. The maximum Gasteiger partial charge on any atom is 0.231 e. The SMILES string of the molecule is COc1cccc(C2C(C#N)=C(N)Oc3c2ccc2c3OCO2)c1. The molecule has 0 aliphatic carbocycles. The van der Waals surface area contributed by atoms with E-state index in [2.05, 4.69) is 6.07 Å². The molecule has 1 atom stereocenters. The number of methoxy groups -OCH3 is 1. The first-order valence-electron chi connectivity index (χ1n) is 7.37. The van der Waals surface area contributed by atoms with Gasteiger partial charge >= 0.3 is 0 Å². The summed E-state index contributed by atoms with van der Waals surface area (Å²) in [6.07, 6.45) is 0. The highest BCUT2D eigenvalue weighted by atomic mass is 16.7. The van der Waals surface area contributed by atoms with E-state index in [0.717, 1.165) is 11.1 Å². The molecule has 4 rings (SSSR count). The van der Waals surface area contributed by atoms with E-state index in [-0.39, 0.29) is 18.6 Å². The molecule has 0 bridgehead atoms. The zero-order valence-electron chi connectivity index (χ0n) is 12.9. The smallest absolute Gasteiger partial charge is 0.231 e. The lowest BCUT2D eigenvalue weighted by atomic mass is 9.83. The van der Waals surface area contributed by atoms with Gasteiger partial charge in [-0.05, 0) is 23.8 Å². The van der Waals surface area contributed by atoms with Crippen molar-refractivity contribution in [2.24, 2.45) is 5.73 Å². The second kappa shape index (κ2) is 5.39. The van der Waals surface area contributed by atoms with Crippen LogP contribution in [-0.4, -0.2) is 13.9 Å².